The summed E-state index contributed by atoms with van der Waals surface area (Å²) in [6, 6.07) is 9.91. The van der Waals surface area contributed by atoms with Gasteiger partial charge in [-0.3, -0.25) is 0 Å². The normalized spacial score (nSPS) is 15.9. The zero-order valence-corrected chi connectivity index (χ0v) is 7.88. The van der Waals surface area contributed by atoms with Gasteiger partial charge in [0.2, 0.25) is 0 Å². The van der Waals surface area contributed by atoms with Crippen LogP contribution in [0.1, 0.15) is 6.92 Å². The van der Waals surface area contributed by atoms with Crippen molar-refractivity contribution < 1.29 is 4.89 Å². The highest BCUT2D eigenvalue weighted by atomic mass is 31.2. The van der Waals surface area contributed by atoms with Crippen LogP contribution in [0.2, 0.25) is 0 Å². The van der Waals surface area contributed by atoms with E-state index in [1.165, 1.54) is 0 Å². The van der Waals surface area contributed by atoms with Gasteiger partial charge in [-0.15, -0.1) is 0 Å². The molecule has 0 saturated heterocycles. The van der Waals surface area contributed by atoms with Gasteiger partial charge in [-0.1, -0.05) is 18.2 Å². The number of benzene rings is 1. The molecule has 0 amide bonds. The van der Waals surface area contributed by atoms with E-state index in [1.807, 2.05) is 43.9 Å². The van der Waals surface area contributed by atoms with Crippen molar-refractivity contribution in [3.05, 3.63) is 30.3 Å². The third-order valence-electron chi connectivity index (χ3n) is 1.93. The Labute approximate surface area is 68.5 Å². The van der Waals surface area contributed by atoms with Gasteiger partial charge in [0.1, 0.15) is 5.30 Å². The van der Waals surface area contributed by atoms with Crippen molar-refractivity contribution in [3.8, 4) is 0 Å². The van der Waals surface area contributed by atoms with E-state index in [2.05, 4.69) is 0 Å². The lowest BCUT2D eigenvalue weighted by Crippen LogP contribution is -2.10. The van der Waals surface area contributed by atoms with Gasteiger partial charge in [0.25, 0.3) is 0 Å². The topological polar surface area (TPSA) is 20.2 Å². The molecule has 0 aliphatic carbocycles. The van der Waals surface area contributed by atoms with Gasteiger partial charge in [0.15, 0.2) is 7.49 Å². The molecule has 0 radical (unpaired) electrons. The van der Waals surface area contributed by atoms with E-state index in [-0.39, 0.29) is 0 Å². The Kier molecular flexibility index (Phi) is 2.64. The van der Waals surface area contributed by atoms with Crippen molar-refractivity contribution in [2.75, 3.05) is 12.8 Å². The lowest BCUT2D eigenvalue weighted by molar-refractivity contribution is 0.619. The first-order valence-corrected chi connectivity index (χ1v) is 6.18. The summed E-state index contributed by atoms with van der Waals surface area (Å²) >= 11 is 0. The molecule has 1 aromatic carbocycles. The Morgan fingerprint density at radius 2 is 1.82 bits per heavy atom. The van der Waals surface area contributed by atoms with Crippen LogP contribution in [-0.2, 0) is 0 Å². The van der Waals surface area contributed by atoms with Gasteiger partial charge in [-0.25, -0.2) is 4.89 Å². The van der Waals surface area contributed by atoms with Gasteiger partial charge in [0.05, 0.1) is 12.8 Å². The second-order valence-electron chi connectivity index (χ2n) is 2.79. The van der Waals surface area contributed by atoms with Crippen molar-refractivity contribution in [2.45, 2.75) is 6.92 Å². The predicted molar refractivity (Wildman–Crippen MR) is 51.7 cm³/mol. The molecule has 11 heavy (non-hydrogen) atoms. The highest BCUT2D eigenvalue weighted by molar-refractivity contribution is 7.77. The van der Waals surface area contributed by atoms with Crippen LogP contribution < -0.4 is 5.30 Å². The first-order chi connectivity index (χ1) is 5.17. The molecule has 0 heterocycles. The summed E-state index contributed by atoms with van der Waals surface area (Å²) in [5.41, 5.74) is 0. The summed E-state index contributed by atoms with van der Waals surface area (Å²) in [4.78, 5) is 9.91. The van der Waals surface area contributed by atoms with E-state index >= 15 is 0 Å². The van der Waals surface area contributed by atoms with E-state index in [9.17, 15) is 4.89 Å². The smallest absolute Gasteiger partial charge is 0.171 e. The fourth-order valence-electron chi connectivity index (χ4n) is 0.932. The van der Waals surface area contributed by atoms with Crippen molar-refractivity contribution >= 4 is 12.8 Å². The Morgan fingerprint density at radius 3 is 2.27 bits per heavy atom. The minimum Gasteiger partial charge on any atom is -0.247 e. The fraction of sp³-hybridized carbons (Fsp3) is 0.333. The van der Waals surface area contributed by atoms with Gasteiger partial charge < -0.3 is 0 Å². The van der Waals surface area contributed by atoms with Crippen LogP contribution in [0.3, 0.4) is 0 Å². The number of hydrogen-bond acceptors (Lipinski definition) is 1. The number of hydrogen-bond donors (Lipinski definition) is 1. The van der Waals surface area contributed by atoms with Crippen LogP contribution >= 0.6 is 7.49 Å². The molecule has 2 heteroatoms. The fourth-order valence-corrected chi connectivity index (χ4v) is 2.11. The quantitative estimate of drug-likeness (QED) is 0.670. The van der Waals surface area contributed by atoms with Crippen molar-refractivity contribution in [1.29, 1.82) is 0 Å². The van der Waals surface area contributed by atoms with E-state index in [4.69, 9.17) is 0 Å². The zero-order chi connectivity index (χ0) is 8.32. The van der Waals surface area contributed by atoms with E-state index < -0.39 is 7.49 Å². The lowest BCUT2D eigenvalue weighted by Gasteiger charge is -2.11. The molecule has 1 rings (SSSR count). The minimum atomic E-state index is -1.78. The third-order valence-corrected chi connectivity index (χ3v) is 4.57. The van der Waals surface area contributed by atoms with E-state index in [0.29, 0.717) is 0 Å². The van der Waals surface area contributed by atoms with Gasteiger partial charge in [0, 0.05) is 0 Å². The maximum atomic E-state index is 9.91. The van der Waals surface area contributed by atoms with Crippen molar-refractivity contribution in [3.63, 3.8) is 0 Å². The highest BCUT2D eigenvalue weighted by Gasteiger charge is 2.28. The third kappa shape index (κ3) is 2.02. The molecule has 1 N–H and O–H groups in total. The molecule has 0 saturated carbocycles. The van der Waals surface area contributed by atoms with Gasteiger partial charge in [-0.05, 0) is 19.1 Å². The van der Waals surface area contributed by atoms with E-state index in [0.717, 1.165) is 11.5 Å². The summed E-state index contributed by atoms with van der Waals surface area (Å²) in [5.74, 6) is 0. The molecular weight excluding hydrogens is 155 g/mol. The molecule has 1 atom stereocenters. The molecule has 0 aliphatic rings. The van der Waals surface area contributed by atoms with Crippen LogP contribution in [0.4, 0.5) is 0 Å². The van der Waals surface area contributed by atoms with E-state index in [1.54, 1.807) is 0 Å². The Hall–Kier alpha value is -0.390. The van der Waals surface area contributed by atoms with Crippen LogP contribution in [0.5, 0.6) is 0 Å². The zero-order valence-electron chi connectivity index (χ0n) is 6.99. The SMILES string of the molecule is CC[P+](C)(O)c1ccccc1. The number of rotatable bonds is 2. The minimum absolute atomic E-state index is 0.858. The van der Waals surface area contributed by atoms with Crippen molar-refractivity contribution in [2.24, 2.45) is 0 Å². The van der Waals surface area contributed by atoms with Crippen LogP contribution in [-0.4, -0.2) is 17.7 Å². The average Bonchev–Trinajstić information content (AvgIpc) is 2.06. The monoisotopic (exact) mass is 169 g/mol. The molecular formula is C9H14OP+. The molecule has 0 bridgehead atoms. The first kappa shape index (κ1) is 8.70. The van der Waals surface area contributed by atoms with Crippen LogP contribution in [0.15, 0.2) is 30.3 Å². The Balaban J connectivity index is 2.93. The van der Waals surface area contributed by atoms with Gasteiger partial charge >= 0.3 is 0 Å². The molecule has 60 valence electrons. The summed E-state index contributed by atoms with van der Waals surface area (Å²) in [6.45, 7) is 3.98. The van der Waals surface area contributed by atoms with Crippen molar-refractivity contribution in [1.82, 2.24) is 0 Å². The predicted octanol–water partition coefficient (Wildman–Crippen LogP) is 1.89. The summed E-state index contributed by atoms with van der Waals surface area (Å²) in [7, 11) is -1.78. The molecule has 1 unspecified atom stereocenters. The molecule has 0 fully saturated rings. The Morgan fingerprint density at radius 1 is 1.27 bits per heavy atom. The summed E-state index contributed by atoms with van der Waals surface area (Å²) in [6.07, 6.45) is 0.858. The molecule has 0 aliphatic heterocycles. The molecule has 0 aromatic heterocycles. The standard InChI is InChI=1S/C9H14OP/c1-3-11(2,10)9-7-5-4-6-8-9/h4-8,10H,3H2,1-2H3/q+1. The second-order valence-corrected chi connectivity index (χ2v) is 6.22. The highest BCUT2D eigenvalue weighted by Crippen LogP contribution is 2.48. The summed E-state index contributed by atoms with van der Waals surface area (Å²) < 4.78 is 0. The molecule has 0 spiro atoms. The largest absolute Gasteiger partial charge is 0.247 e. The Bertz CT molecular complexity index is 218. The lowest BCUT2D eigenvalue weighted by atomic mass is 10.4. The summed E-state index contributed by atoms with van der Waals surface area (Å²) in [5, 5.41) is 1.10. The van der Waals surface area contributed by atoms with Crippen LogP contribution in [0, 0.1) is 0 Å². The maximum absolute atomic E-state index is 9.91. The van der Waals surface area contributed by atoms with Crippen LogP contribution in [0.25, 0.3) is 0 Å². The molecule has 1 nitrogen and oxygen atoms in total. The van der Waals surface area contributed by atoms with Gasteiger partial charge in [-0.2, -0.15) is 0 Å². The first-order valence-electron chi connectivity index (χ1n) is 3.80. The average molecular weight is 169 g/mol. The molecule has 1 aromatic rings. The maximum Gasteiger partial charge on any atom is 0.171 e. The second kappa shape index (κ2) is 3.34.